The quantitative estimate of drug-likeness (QED) is 0.721. The van der Waals surface area contributed by atoms with Crippen LogP contribution in [-0.2, 0) is 14.7 Å². The summed E-state index contributed by atoms with van der Waals surface area (Å²) in [6.45, 7) is -1.80. The highest BCUT2D eigenvalue weighted by Gasteiger charge is 2.52. The Kier molecular flexibility index (Phi) is 1.87. The molecule has 1 heterocycles. The second-order valence-electron chi connectivity index (χ2n) is 6.41. The van der Waals surface area contributed by atoms with E-state index in [-0.39, 0.29) is 5.56 Å². The van der Waals surface area contributed by atoms with Gasteiger partial charge in [-0.3, -0.25) is 0 Å². The van der Waals surface area contributed by atoms with E-state index in [4.69, 9.17) is 34.6 Å². The molecule has 1 aliphatic heterocycles. The monoisotopic (exact) mass is 318 g/mol. The van der Waals surface area contributed by atoms with E-state index in [1.807, 2.05) is 27.7 Å². The number of hydrogen-bond donors (Lipinski definition) is 0. The molecule has 0 aromatic heterocycles. The molecular weight excluding hydrogens is 282 g/mol. The SMILES string of the molecule is [2H]c1c(C)c(B2OC(C)(C)C(C)(C)O2)cc(Cl)c1C(C([2H])([2H])[2H])(C([2H])([2H])[2H])C([2H])([2H])[2H]. The van der Waals surface area contributed by atoms with E-state index in [9.17, 15) is 0 Å². The first-order valence-corrected chi connectivity index (χ1v) is 7.06. The van der Waals surface area contributed by atoms with Crippen molar-refractivity contribution in [3.8, 4) is 0 Å². The molecule has 0 aliphatic carbocycles. The first-order chi connectivity index (χ1) is 13.5. The number of rotatable bonds is 1. The highest BCUT2D eigenvalue weighted by molar-refractivity contribution is 6.63. The fourth-order valence-electron chi connectivity index (χ4n) is 2.12. The number of hydrogen-bond acceptors (Lipinski definition) is 2. The first-order valence-electron chi connectivity index (χ1n) is 11.7. The molecule has 0 saturated carbocycles. The summed E-state index contributed by atoms with van der Waals surface area (Å²) in [5, 5.41) is -0.455. The molecule has 21 heavy (non-hydrogen) atoms. The van der Waals surface area contributed by atoms with Crippen molar-refractivity contribution in [1.29, 1.82) is 0 Å². The molecule has 0 amide bonds. The molecule has 0 spiro atoms. The Morgan fingerprint density at radius 2 is 1.71 bits per heavy atom. The fraction of sp³-hybridized carbons (Fsp3) is 0.647. The molecule has 0 N–H and O–H groups in total. The van der Waals surface area contributed by atoms with Crippen LogP contribution in [-0.4, -0.2) is 18.3 Å². The third kappa shape index (κ3) is 3.01. The summed E-state index contributed by atoms with van der Waals surface area (Å²) in [7, 11) is -0.955. The van der Waals surface area contributed by atoms with Gasteiger partial charge in [0.15, 0.2) is 0 Å². The van der Waals surface area contributed by atoms with E-state index >= 15 is 0 Å². The topological polar surface area (TPSA) is 18.5 Å². The molecule has 116 valence electrons. The van der Waals surface area contributed by atoms with E-state index in [0.29, 0.717) is 5.46 Å². The molecule has 4 heteroatoms. The minimum atomic E-state index is -3.51. The molecular formula is C17H26BClO2. The van der Waals surface area contributed by atoms with Crippen LogP contribution in [0.5, 0.6) is 0 Å². The number of benzene rings is 1. The van der Waals surface area contributed by atoms with Crippen LogP contribution < -0.4 is 5.46 Å². The Morgan fingerprint density at radius 3 is 2.19 bits per heavy atom. The summed E-state index contributed by atoms with van der Waals surface area (Å²) < 4.78 is 91.6. The van der Waals surface area contributed by atoms with Gasteiger partial charge in [-0.2, -0.15) is 0 Å². The van der Waals surface area contributed by atoms with Crippen molar-refractivity contribution in [2.24, 2.45) is 0 Å². The second kappa shape index (κ2) is 5.01. The van der Waals surface area contributed by atoms with Gasteiger partial charge in [-0.25, -0.2) is 0 Å². The Balaban J connectivity index is 2.87. The lowest BCUT2D eigenvalue weighted by Gasteiger charge is -2.32. The molecule has 1 aromatic rings. The highest BCUT2D eigenvalue weighted by atomic mass is 35.5. The normalized spacial score (nSPS) is 29.7. The van der Waals surface area contributed by atoms with Gasteiger partial charge in [0.1, 0.15) is 0 Å². The average molecular weight is 319 g/mol. The molecule has 1 aromatic carbocycles. The molecule has 1 saturated heterocycles. The Morgan fingerprint density at radius 1 is 1.19 bits per heavy atom. The van der Waals surface area contributed by atoms with E-state index in [2.05, 4.69) is 0 Å². The minimum absolute atomic E-state index is 0.125. The van der Waals surface area contributed by atoms with E-state index in [0.717, 1.165) is 0 Å². The Bertz CT molecular complexity index is 822. The summed E-state index contributed by atoms with van der Waals surface area (Å²) in [6.07, 6.45) is 0. The Hall–Kier alpha value is -0.505. The van der Waals surface area contributed by atoms with Crippen molar-refractivity contribution in [3.05, 3.63) is 28.3 Å². The van der Waals surface area contributed by atoms with Gasteiger partial charge in [0, 0.05) is 17.4 Å². The van der Waals surface area contributed by atoms with Crippen LogP contribution in [0, 0.1) is 6.92 Å². The van der Waals surface area contributed by atoms with Crippen LogP contribution in [0.25, 0.3) is 0 Å². The molecule has 0 bridgehead atoms. The highest BCUT2D eigenvalue weighted by Crippen LogP contribution is 2.37. The van der Waals surface area contributed by atoms with Gasteiger partial charge in [-0.15, -0.1) is 0 Å². The van der Waals surface area contributed by atoms with E-state index < -0.39 is 60.9 Å². The molecule has 0 radical (unpaired) electrons. The zero-order valence-corrected chi connectivity index (χ0v) is 13.6. The summed E-state index contributed by atoms with van der Waals surface area (Å²) in [5.74, 6) is 0. The largest absolute Gasteiger partial charge is 0.495 e. The van der Waals surface area contributed by atoms with Gasteiger partial charge in [0.25, 0.3) is 0 Å². The lowest BCUT2D eigenvalue weighted by atomic mass is 9.74. The zero-order chi connectivity index (χ0) is 24.6. The van der Waals surface area contributed by atoms with Crippen LogP contribution in [0.15, 0.2) is 12.1 Å². The summed E-state index contributed by atoms with van der Waals surface area (Å²) in [4.78, 5) is 0. The Labute approximate surface area is 148 Å². The van der Waals surface area contributed by atoms with Gasteiger partial charge in [-0.05, 0) is 57.1 Å². The molecule has 1 aliphatic rings. The van der Waals surface area contributed by atoms with Crippen LogP contribution in [0.3, 0.4) is 0 Å². The predicted octanol–water partition coefficient (Wildman–Crippen LogP) is 4.25. The molecule has 0 unspecified atom stereocenters. The maximum Gasteiger partial charge on any atom is 0.495 e. The number of halogens is 1. The van der Waals surface area contributed by atoms with Crippen LogP contribution in [0.4, 0.5) is 0 Å². The van der Waals surface area contributed by atoms with Gasteiger partial charge in [-0.1, -0.05) is 43.8 Å². The fourth-order valence-corrected chi connectivity index (χ4v) is 2.43. The minimum Gasteiger partial charge on any atom is -0.399 e. The van der Waals surface area contributed by atoms with Crippen molar-refractivity contribution in [2.45, 2.75) is 71.8 Å². The summed E-state index contributed by atoms with van der Waals surface area (Å²) in [6, 6.07) is 0.658. The third-order valence-corrected chi connectivity index (χ3v) is 4.45. The lowest BCUT2D eigenvalue weighted by molar-refractivity contribution is 0.00578. The van der Waals surface area contributed by atoms with Crippen molar-refractivity contribution >= 4 is 24.2 Å². The standard InChI is InChI=1S/C17H26BClO2/c1-11-9-12(15(2,3)4)14(19)10-13(11)18-20-16(5,6)17(7,8)21-18/h9-10H,1-8H3/i2D3,3D3,4D3,9D. The smallest absolute Gasteiger partial charge is 0.399 e. The van der Waals surface area contributed by atoms with Crippen LogP contribution in [0.1, 0.15) is 73.1 Å². The maximum atomic E-state index is 8.59. The molecule has 1 fully saturated rings. The van der Waals surface area contributed by atoms with Crippen molar-refractivity contribution < 1.29 is 23.0 Å². The van der Waals surface area contributed by atoms with Crippen molar-refractivity contribution in [2.75, 3.05) is 0 Å². The summed E-state index contributed by atoms with van der Waals surface area (Å²) in [5.41, 5.74) is -5.12. The third-order valence-electron chi connectivity index (χ3n) is 4.15. The van der Waals surface area contributed by atoms with Gasteiger partial charge >= 0.3 is 7.12 Å². The zero-order valence-electron chi connectivity index (χ0n) is 22.8. The predicted molar refractivity (Wildman–Crippen MR) is 90.6 cm³/mol. The van der Waals surface area contributed by atoms with Gasteiger partial charge in [0.2, 0.25) is 0 Å². The van der Waals surface area contributed by atoms with Crippen molar-refractivity contribution in [3.63, 3.8) is 0 Å². The molecule has 0 atom stereocenters. The van der Waals surface area contributed by atoms with Gasteiger partial charge < -0.3 is 9.31 Å². The maximum absolute atomic E-state index is 8.59. The van der Waals surface area contributed by atoms with Gasteiger partial charge in [0.05, 0.1) is 12.6 Å². The molecule has 2 nitrogen and oxygen atoms in total. The van der Waals surface area contributed by atoms with E-state index in [1.165, 1.54) is 13.0 Å². The van der Waals surface area contributed by atoms with Crippen LogP contribution in [0.2, 0.25) is 5.02 Å². The molecule has 2 rings (SSSR count). The summed E-state index contributed by atoms with van der Waals surface area (Å²) >= 11 is 6.35. The van der Waals surface area contributed by atoms with Crippen LogP contribution >= 0.6 is 11.6 Å². The first kappa shape index (κ1) is 7.85. The van der Waals surface area contributed by atoms with Crippen molar-refractivity contribution in [1.82, 2.24) is 0 Å². The average Bonchev–Trinajstić information content (AvgIpc) is 2.71. The lowest BCUT2D eigenvalue weighted by Crippen LogP contribution is -2.41. The van der Waals surface area contributed by atoms with E-state index in [1.54, 1.807) is 0 Å². The second-order valence-corrected chi connectivity index (χ2v) is 6.82.